The Hall–Kier alpha value is -3.85. The number of hydrogen-bond acceptors (Lipinski definition) is 5. The zero-order chi connectivity index (χ0) is 28.8. The van der Waals surface area contributed by atoms with Crippen LogP contribution in [0.5, 0.6) is 0 Å². The topological polar surface area (TPSA) is 85.1 Å². The standard InChI is InChI=1S/C33H34FN3O4/c1-32(2,19-40-3)30-29(21-4-6-22(7-5-21)31(38)36-18-33(39)12-13-41-20-33)27-14-23-16-35-17-24(23)15-28(27)37(30)26-10-8-25(34)9-11-26/h4-11,14-15,17,39H,12-13,16,18-20H2,1-3H3,(H,36,38). The predicted molar refractivity (Wildman–Crippen MR) is 158 cm³/mol. The minimum Gasteiger partial charge on any atom is -0.386 e. The maximum absolute atomic E-state index is 14.0. The van der Waals surface area contributed by atoms with Gasteiger partial charge < -0.3 is 24.5 Å². The third-order valence-electron chi connectivity index (χ3n) is 8.05. The minimum absolute atomic E-state index is 0.140. The smallest absolute Gasteiger partial charge is 0.251 e. The molecule has 2 aliphatic heterocycles. The van der Waals surface area contributed by atoms with E-state index in [9.17, 15) is 14.3 Å². The third-order valence-corrected chi connectivity index (χ3v) is 8.05. The molecule has 0 bridgehead atoms. The van der Waals surface area contributed by atoms with Gasteiger partial charge in [-0.1, -0.05) is 26.0 Å². The number of hydrogen-bond donors (Lipinski definition) is 2. The number of aliphatic hydroxyl groups is 1. The molecule has 3 heterocycles. The monoisotopic (exact) mass is 555 g/mol. The number of carbonyl (C=O) groups excluding carboxylic acids is 1. The highest BCUT2D eigenvalue weighted by Crippen LogP contribution is 2.44. The van der Waals surface area contributed by atoms with E-state index in [1.807, 2.05) is 30.5 Å². The number of amides is 1. The van der Waals surface area contributed by atoms with Crippen molar-refractivity contribution >= 4 is 23.0 Å². The maximum atomic E-state index is 14.0. The number of nitrogens with zero attached hydrogens (tertiary/aromatic N) is 2. The molecule has 1 fully saturated rings. The molecule has 1 aromatic heterocycles. The summed E-state index contributed by atoms with van der Waals surface area (Å²) >= 11 is 0. The molecule has 4 aromatic rings. The van der Waals surface area contributed by atoms with Crippen LogP contribution in [0.3, 0.4) is 0 Å². The summed E-state index contributed by atoms with van der Waals surface area (Å²) in [5.41, 5.74) is 6.13. The number of rotatable bonds is 8. The van der Waals surface area contributed by atoms with Crippen LogP contribution in [0, 0.1) is 5.82 Å². The summed E-state index contributed by atoms with van der Waals surface area (Å²) in [5, 5.41) is 14.4. The van der Waals surface area contributed by atoms with Crippen molar-refractivity contribution in [3.05, 3.63) is 88.9 Å². The molecule has 0 radical (unpaired) electrons. The first-order valence-electron chi connectivity index (χ1n) is 13.8. The van der Waals surface area contributed by atoms with Crippen LogP contribution in [-0.2, 0) is 21.4 Å². The van der Waals surface area contributed by atoms with E-state index in [0.29, 0.717) is 31.7 Å². The quantitative estimate of drug-likeness (QED) is 0.314. The van der Waals surface area contributed by atoms with Gasteiger partial charge in [0.25, 0.3) is 5.91 Å². The highest BCUT2D eigenvalue weighted by molar-refractivity contribution is 6.04. The molecule has 2 N–H and O–H groups in total. The minimum atomic E-state index is -1.02. The maximum Gasteiger partial charge on any atom is 0.251 e. The molecule has 212 valence electrons. The van der Waals surface area contributed by atoms with Crippen LogP contribution in [0.25, 0.3) is 27.7 Å². The number of ether oxygens (including phenoxy) is 2. The van der Waals surface area contributed by atoms with Gasteiger partial charge in [0.05, 0.1) is 25.3 Å². The van der Waals surface area contributed by atoms with Crippen molar-refractivity contribution in [3.8, 4) is 16.8 Å². The fourth-order valence-corrected chi connectivity index (χ4v) is 5.99. The average Bonchev–Trinajstić information content (AvgIpc) is 3.68. The Morgan fingerprint density at radius 3 is 2.61 bits per heavy atom. The molecule has 1 amide bonds. The van der Waals surface area contributed by atoms with E-state index < -0.39 is 11.0 Å². The second-order valence-electron chi connectivity index (χ2n) is 11.7. The number of fused-ring (bicyclic) bond motifs is 2. The molecule has 1 atom stereocenters. The van der Waals surface area contributed by atoms with Crippen molar-refractivity contribution < 1.29 is 23.8 Å². The van der Waals surface area contributed by atoms with Gasteiger partial charge in [-0.3, -0.25) is 9.79 Å². The summed E-state index contributed by atoms with van der Waals surface area (Å²) in [6.07, 6.45) is 2.40. The van der Waals surface area contributed by atoms with E-state index in [2.05, 4.69) is 40.9 Å². The summed E-state index contributed by atoms with van der Waals surface area (Å²) in [6.45, 7) is 6.22. The van der Waals surface area contributed by atoms with Crippen LogP contribution in [0.15, 0.2) is 65.7 Å². The average molecular weight is 556 g/mol. The van der Waals surface area contributed by atoms with Gasteiger partial charge in [0.1, 0.15) is 11.4 Å². The molecule has 41 heavy (non-hydrogen) atoms. The van der Waals surface area contributed by atoms with Gasteiger partial charge in [0.15, 0.2) is 0 Å². The molecule has 6 rings (SSSR count). The Kier molecular flexibility index (Phi) is 7.01. The first-order chi connectivity index (χ1) is 19.7. The van der Waals surface area contributed by atoms with Gasteiger partial charge >= 0.3 is 0 Å². The summed E-state index contributed by atoms with van der Waals surface area (Å²) in [7, 11) is 1.69. The van der Waals surface area contributed by atoms with Crippen molar-refractivity contribution in [3.63, 3.8) is 0 Å². The van der Waals surface area contributed by atoms with Crippen LogP contribution in [0.2, 0.25) is 0 Å². The zero-order valence-corrected chi connectivity index (χ0v) is 23.5. The molecule has 0 spiro atoms. The van der Waals surface area contributed by atoms with E-state index in [1.54, 1.807) is 19.2 Å². The first kappa shape index (κ1) is 27.3. The van der Waals surface area contributed by atoms with E-state index in [-0.39, 0.29) is 24.9 Å². The second-order valence-corrected chi connectivity index (χ2v) is 11.7. The number of aliphatic imine (C=N–C) groups is 1. The Morgan fingerprint density at radius 1 is 1.17 bits per heavy atom. The number of benzene rings is 3. The van der Waals surface area contributed by atoms with E-state index in [4.69, 9.17) is 9.47 Å². The number of nitrogens with one attached hydrogen (secondary N) is 1. The van der Waals surface area contributed by atoms with Crippen molar-refractivity contribution in [1.82, 2.24) is 9.88 Å². The molecule has 2 aliphatic rings. The largest absolute Gasteiger partial charge is 0.386 e. The Labute approximate surface area is 238 Å². The van der Waals surface area contributed by atoms with E-state index in [0.717, 1.165) is 44.5 Å². The molecular formula is C33H34FN3O4. The Balaban J connectivity index is 1.49. The van der Waals surface area contributed by atoms with Crippen molar-refractivity contribution in [1.29, 1.82) is 0 Å². The molecule has 7 nitrogen and oxygen atoms in total. The van der Waals surface area contributed by atoms with Gasteiger partial charge in [-0.2, -0.15) is 0 Å². The lowest BCUT2D eigenvalue weighted by atomic mass is 9.84. The van der Waals surface area contributed by atoms with Crippen molar-refractivity contribution in [2.75, 3.05) is 33.5 Å². The normalized spacial score (nSPS) is 18.3. The van der Waals surface area contributed by atoms with Gasteiger partial charge in [-0.15, -0.1) is 0 Å². The molecule has 0 aliphatic carbocycles. The molecule has 8 heteroatoms. The molecule has 1 unspecified atom stereocenters. The highest BCUT2D eigenvalue weighted by atomic mass is 19.1. The van der Waals surface area contributed by atoms with Crippen LogP contribution in [0.4, 0.5) is 4.39 Å². The van der Waals surface area contributed by atoms with Crippen LogP contribution in [0.1, 0.15) is 47.4 Å². The van der Waals surface area contributed by atoms with Crippen molar-refractivity contribution in [2.24, 2.45) is 4.99 Å². The highest BCUT2D eigenvalue weighted by Gasteiger charge is 2.34. The molecule has 1 saturated heterocycles. The van der Waals surface area contributed by atoms with E-state index >= 15 is 0 Å². The summed E-state index contributed by atoms with van der Waals surface area (Å²) < 4.78 is 27.2. The van der Waals surface area contributed by atoms with Gasteiger partial charge in [-0.05, 0) is 65.2 Å². The molecule has 0 saturated carbocycles. The fourth-order valence-electron chi connectivity index (χ4n) is 5.99. The lowest BCUT2D eigenvalue weighted by Gasteiger charge is -2.28. The lowest BCUT2D eigenvalue weighted by molar-refractivity contribution is 0.0264. The van der Waals surface area contributed by atoms with Crippen LogP contribution in [-0.4, -0.2) is 60.9 Å². The van der Waals surface area contributed by atoms with Gasteiger partial charge in [0, 0.05) is 66.2 Å². The number of carbonyl (C=O) groups is 1. The summed E-state index contributed by atoms with van der Waals surface area (Å²) in [6, 6.07) is 18.4. The number of aromatic nitrogens is 1. The second kappa shape index (κ2) is 10.5. The zero-order valence-electron chi connectivity index (χ0n) is 23.5. The van der Waals surface area contributed by atoms with Gasteiger partial charge in [-0.25, -0.2) is 4.39 Å². The number of methoxy groups -OCH3 is 1. The van der Waals surface area contributed by atoms with Crippen molar-refractivity contribution in [2.45, 2.75) is 37.8 Å². The van der Waals surface area contributed by atoms with Gasteiger partial charge in [0.2, 0.25) is 0 Å². The lowest BCUT2D eigenvalue weighted by Crippen LogP contribution is -2.43. The summed E-state index contributed by atoms with van der Waals surface area (Å²) in [4.78, 5) is 17.4. The predicted octanol–water partition coefficient (Wildman–Crippen LogP) is 5.17. The number of halogens is 1. The van der Waals surface area contributed by atoms with E-state index in [1.165, 1.54) is 12.1 Å². The molecule has 3 aromatic carbocycles. The third kappa shape index (κ3) is 5.07. The summed E-state index contributed by atoms with van der Waals surface area (Å²) in [5.74, 6) is -0.543. The Morgan fingerprint density at radius 2 is 1.93 bits per heavy atom. The SMILES string of the molecule is COCC(C)(C)c1c(-c2ccc(C(=O)NCC3(O)CCOC3)cc2)c2cc3c(cc2n1-c1ccc(F)cc1)C=NC3. The Bertz CT molecular complexity index is 1630. The van der Waals surface area contributed by atoms with Crippen LogP contribution < -0.4 is 5.32 Å². The fraction of sp³-hybridized carbons (Fsp3) is 0.333. The molecular weight excluding hydrogens is 521 g/mol. The first-order valence-corrected chi connectivity index (χ1v) is 13.8. The van der Waals surface area contributed by atoms with Crippen LogP contribution >= 0.6 is 0 Å².